The van der Waals surface area contributed by atoms with Gasteiger partial charge in [0.1, 0.15) is 17.7 Å². The summed E-state index contributed by atoms with van der Waals surface area (Å²) in [6.07, 6.45) is 3.34. The zero-order valence-corrected chi connectivity index (χ0v) is 20.9. The van der Waals surface area contributed by atoms with Gasteiger partial charge < -0.3 is 9.82 Å². The van der Waals surface area contributed by atoms with Crippen molar-refractivity contribution >= 4 is 63.0 Å². The third-order valence-electron chi connectivity index (χ3n) is 4.39. The van der Waals surface area contributed by atoms with E-state index in [1.54, 1.807) is 19.1 Å². The van der Waals surface area contributed by atoms with Crippen LogP contribution in [0.3, 0.4) is 0 Å². The smallest absolute Gasteiger partial charge is 0.230 e. The molecule has 2 heterocycles. The van der Waals surface area contributed by atoms with E-state index in [1.807, 2.05) is 0 Å². The molecule has 3 rings (SSSR count). The lowest BCUT2D eigenvalue weighted by molar-refractivity contribution is 0.216. The Morgan fingerprint density at radius 3 is 2.59 bits per heavy atom. The van der Waals surface area contributed by atoms with Gasteiger partial charge in [0.25, 0.3) is 0 Å². The van der Waals surface area contributed by atoms with Crippen LogP contribution in [0.4, 0.5) is 14.5 Å². The van der Waals surface area contributed by atoms with E-state index in [1.165, 1.54) is 18.5 Å². The van der Waals surface area contributed by atoms with Gasteiger partial charge in [-0.25, -0.2) is 9.37 Å². The summed E-state index contributed by atoms with van der Waals surface area (Å²) < 4.78 is 35.0. The van der Waals surface area contributed by atoms with Gasteiger partial charge in [-0.1, -0.05) is 23.2 Å². The molecule has 1 aromatic carbocycles. The van der Waals surface area contributed by atoms with Crippen molar-refractivity contribution in [2.75, 3.05) is 5.09 Å². The Labute approximate surface area is 207 Å². The Morgan fingerprint density at radius 2 is 1.97 bits per heavy atom. The zero-order chi connectivity index (χ0) is 23.4. The molecular weight excluding hydrogens is 593 g/mol. The molecule has 0 aliphatic carbocycles. The number of nitrogens with zero attached hydrogens (tertiary/aromatic N) is 3. The van der Waals surface area contributed by atoms with Gasteiger partial charge in [-0.3, -0.25) is 10.4 Å². The first-order valence-electron chi connectivity index (χ1n) is 8.83. The van der Waals surface area contributed by atoms with Crippen molar-refractivity contribution in [2.45, 2.75) is 13.0 Å². The number of aromatic nitrogens is 2. The van der Waals surface area contributed by atoms with E-state index in [0.717, 1.165) is 12.3 Å². The largest absolute Gasteiger partial charge is 0.483 e. The highest BCUT2D eigenvalue weighted by Gasteiger charge is 2.23. The molecule has 0 bridgehead atoms. The van der Waals surface area contributed by atoms with Crippen molar-refractivity contribution in [3.63, 3.8) is 0 Å². The quantitative estimate of drug-likeness (QED) is 0.133. The van der Waals surface area contributed by atoms with Crippen LogP contribution in [0.5, 0.6) is 5.75 Å². The van der Waals surface area contributed by atoms with E-state index in [9.17, 15) is 4.39 Å². The van der Waals surface area contributed by atoms with Crippen molar-refractivity contribution in [1.29, 1.82) is 10.7 Å². The minimum Gasteiger partial charge on any atom is -0.483 e. The summed E-state index contributed by atoms with van der Waals surface area (Å²) >= 11 is 14.4. The molecule has 2 atom stereocenters. The molecule has 0 fully saturated rings. The van der Waals surface area contributed by atoms with Crippen molar-refractivity contribution < 1.29 is 13.5 Å². The number of hydrogen-bond acceptors (Lipinski definition) is 6. The Balaban J connectivity index is 2.05. The molecule has 2 aromatic heterocycles. The van der Waals surface area contributed by atoms with Crippen LogP contribution >= 0.6 is 51.6 Å². The second-order valence-electron chi connectivity index (χ2n) is 6.35. The average molecular weight is 606 g/mol. The molecule has 0 amide bonds. The SMILES string of the molecule is C[C@@H](Oc1ccc(NPI)c(C(=N)c2cnc(F)c(C#N)c2)c1F)c1c(Cl)cncc1Cl. The molecule has 0 spiro atoms. The summed E-state index contributed by atoms with van der Waals surface area (Å²) in [5.41, 5.74) is 0.109. The topological polar surface area (TPSA) is 94.7 Å². The van der Waals surface area contributed by atoms with Crippen molar-refractivity contribution in [3.05, 3.63) is 80.9 Å². The van der Waals surface area contributed by atoms with Crippen molar-refractivity contribution in [3.8, 4) is 11.8 Å². The van der Waals surface area contributed by atoms with E-state index in [2.05, 4.69) is 37.1 Å². The van der Waals surface area contributed by atoms with Crippen LogP contribution in [0.1, 0.15) is 35.3 Å². The number of nitrogens with one attached hydrogen (secondary N) is 2. The lowest BCUT2D eigenvalue weighted by atomic mass is 10.00. The normalized spacial score (nSPS) is 11.9. The Morgan fingerprint density at radius 1 is 1.28 bits per heavy atom. The van der Waals surface area contributed by atoms with Crippen LogP contribution in [0, 0.1) is 28.5 Å². The van der Waals surface area contributed by atoms with Gasteiger partial charge in [0, 0.05) is 36.1 Å². The molecule has 0 saturated carbocycles. The fraction of sp³-hybridized carbons (Fsp3) is 0.100. The minimum atomic E-state index is -0.964. The molecule has 3 aromatic rings. The monoisotopic (exact) mass is 605 g/mol. The standard InChI is InChI=1S/C20H13Cl2F2IN5OP/c1-9(16-12(21)7-28-8-13(16)22)31-15-3-2-14(30-32-25)17(18(15)23)19(27)11-4-10(5-26)20(24)29-6-11/h2-4,6-9,27,30,32H,1H3/t9-/m1/s1. The maximum Gasteiger partial charge on any atom is 0.230 e. The van der Waals surface area contributed by atoms with Gasteiger partial charge in [-0.2, -0.15) is 9.65 Å². The summed E-state index contributed by atoms with van der Waals surface area (Å²) in [4.78, 5) is 7.38. The lowest BCUT2D eigenvalue weighted by Gasteiger charge is -2.20. The fourth-order valence-corrected chi connectivity index (χ4v) is 4.77. The molecule has 0 aliphatic rings. The number of ether oxygens (including phenoxy) is 1. The molecular formula is C20H13Cl2F2IN5OP. The number of nitriles is 1. The van der Waals surface area contributed by atoms with E-state index < -0.39 is 17.9 Å². The maximum absolute atomic E-state index is 15.6. The van der Waals surface area contributed by atoms with Gasteiger partial charge in [0.2, 0.25) is 5.95 Å². The van der Waals surface area contributed by atoms with Gasteiger partial charge in [-0.05, 0) is 47.2 Å². The first-order valence-corrected chi connectivity index (χ1v) is 13.7. The third kappa shape index (κ3) is 5.09. The van der Waals surface area contributed by atoms with Crippen molar-refractivity contribution in [1.82, 2.24) is 9.97 Å². The first kappa shape index (κ1) is 24.5. The van der Waals surface area contributed by atoms with Crippen molar-refractivity contribution in [2.24, 2.45) is 0 Å². The number of benzene rings is 1. The van der Waals surface area contributed by atoms with Crippen LogP contribution in [0.15, 0.2) is 36.8 Å². The summed E-state index contributed by atoms with van der Waals surface area (Å²) in [6, 6.07) is 5.80. The minimum absolute atomic E-state index is 0.0760. The highest BCUT2D eigenvalue weighted by Crippen LogP contribution is 2.37. The number of halogens is 5. The third-order valence-corrected chi connectivity index (χ3v) is 6.16. The summed E-state index contributed by atoms with van der Waals surface area (Å²) in [5.74, 6) is -1.92. The Bertz CT molecular complexity index is 1220. The van der Waals surface area contributed by atoms with E-state index in [4.69, 9.17) is 38.6 Å². The molecule has 0 aliphatic heterocycles. The molecule has 12 heteroatoms. The number of pyridine rings is 2. The van der Waals surface area contributed by atoms with Crippen LogP contribution in [-0.4, -0.2) is 15.7 Å². The van der Waals surface area contributed by atoms with E-state index in [-0.39, 0.29) is 44.6 Å². The summed E-state index contributed by atoms with van der Waals surface area (Å²) in [7, 11) is 0. The van der Waals surface area contributed by atoms with Crippen LogP contribution < -0.4 is 9.82 Å². The van der Waals surface area contributed by atoms with Crippen LogP contribution in [0.2, 0.25) is 10.0 Å². The molecule has 164 valence electrons. The van der Waals surface area contributed by atoms with Gasteiger partial charge in [-0.15, -0.1) is 0 Å². The molecule has 1 unspecified atom stereocenters. The first-order chi connectivity index (χ1) is 15.3. The molecule has 0 saturated heterocycles. The van der Waals surface area contributed by atoms with E-state index in [0.29, 0.717) is 11.3 Å². The number of anilines is 1. The van der Waals surface area contributed by atoms with Crippen LogP contribution in [-0.2, 0) is 0 Å². The molecule has 32 heavy (non-hydrogen) atoms. The van der Waals surface area contributed by atoms with E-state index >= 15 is 4.39 Å². The second kappa shape index (κ2) is 10.7. The number of rotatable bonds is 7. The van der Waals surface area contributed by atoms with Gasteiger partial charge in [0.05, 0.1) is 27.0 Å². The summed E-state index contributed by atoms with van der Waals surface area (Å²) in [6.45, 7) is 1.65. The predicted octanol–water partition coefficient (Wildman–Crippen LogP) is 6.84. The van der Waals surface area contributed by atoms with Gasteiger partial charge >= 0.3 is 0 Å². The fourth-order valence-electron chi connectivity index (χ4n) is 2.91. The highest BCUT2D eigenvalue weighted by atomic mass is 127. The predicted molar refractivity (Wildman–Crippen MR) is 130 cm³/mol. The zero-order valence-electron chi connectivity index (χ0n) is 16.2. The Kier molecular flexibility index (Phi) is 8.17. The highest BCUT2D eigenvalue weighted by molar-refractivity contribution is 14.2. The Hall–Kier alpha value is -2.12. The molecule has 6 nitrogen and oxygen atoms in total. The summed E-state index contributed by atoms with van der Waals surface area (Å²) in [5, 5.41) is 21.1. The lowest BCUT2D eigenvalue weighted by Crippen LogP contribution is -2.12. The van der Waals surface area contributed by atoms with Crippen LogP contribution in [0.25, 0.3) is 0 Å². The average Bonchev–Trinajstić information content (AvgIpc) is 2.76. The second-order valence-corrected chi connectivity index (χ2v) is 9.22. The van der Waals surface area contributed by atoms with Gasteiger partial charge in [0.15, 0.2) is 11.6 Å². The molecule has 0 radical (unpaired) electrons. The number of hydrogen-bond donors (Lipinski definition) is 2. The molecule has 2 N–H and O–H groups in total. The maximum atomic E-state index is 15.6.